The number of carbonyl (C=O) groups excluding carboxylic acids is 1. The van der Waals surface area contributed by atoms with Crippen molar-refractivity contribution in [3.63, 3.8) is 0 Å². The molecule has 1 aromatic rings. The van der Waals surface area contributed by atoms with E-state index in [1.54, 1.807) is 0 Å². The standard InChI is InChI=1S/C15H20N6O2/c1-10(23)18-13-8-11(20(2)3)4-5-12(13)19-14-9-17-21(6-7-22)15(14)16/h4-5,8-9,22H,6-7H2,1-3H3,(H2,16,17,18,23)/p+1. The molecule has 1 aliphatic rings. The third-order valence-corrected chi connectivity index (χ3v) is 3.22. The number of nitrogens with one attached hydrogen (secondary N) is 1. The molecule has 2 rings (SSSR count). The third-order valence-electron chi connectivity index (χ3n) is 3.22. The van der Waals surface area contributed by atoms with Gasteiger partial charge in [-0.3, -0.25) is 4.79 Å². The van der Waals surface area contributed by atoms with Crippen LogP contribution in [-0.4, -0.2) is 57.5 Å². The number of aliphatic imine (C=N–C) groups is 1. The molecule has 0 fully saturated rings. The molecule has 0 saturated carbocycles. The summed E-state index contributed by atoms with van der Waals surface area (Å²) in [5, 5.41) is 15.8. The Morgan fingerprint density at radius 2 is 2.22 bits per heavy atom. The van der Waals surface area contributed by atoms with Crippen LogP contribution in [-0.2, 0) is 11.3 Å². The Morgan fingerprint density at radius 1 is 1.48 bits per heavy atom. The normalized spacial score (nSPS) is 15.7. The molecule has 0 atom stereocenters. The van der Waals surface area contributed by atoms with E-state index in [1.807, 2.05) is 36.9 Å². The highest BCUT2D eigenvalue weighted by atomic mass is 16.3. The van der Waals surface area contributed by atoms with Gasteiger partial charge in [-0.05, 0) is 6.08 Å². The lowest BCUT2D eigenvalue weighted by Gasteiger charge is -2.12. The number of nitrogens with zero attached hydrogens (tertiary/aromatic N) is 4. The van der Waals surface area contributed by atoms with Crippen molar-refractivity contribution in [3.05, 3.63) is 30.1 Å². The zero-order chi connectivity index (χ0) is 17.0. The predicted molar refractivity (Wildman–Crippen MR) is 89.0 cm³/mol. The number of carbonyl (C=O) groups is 1. The van der Waals surface area contributed by atoms with Gasteiger partial charge in [0.05, 0.1) is 30.8 Å². The summed E-state index contributed by atoms with van der Waals surface area (Å²) in [6.07, 6.45) is 7.08. The average Bonchev–Trinajstić information content (AvgIpc) is 2.82. The maximum Gasteiger partial charge on any atom is 0.221 e. The molecule has 0 spiro atoms. The van der Waals surface area contributed by atoms with Crippen LogP contribution in [0.2, 0.25) is 0 Å². The van der Waals surface area contributed by atoms with Gasteiger partial charge in [0.15, 0.2) is 0 Å². The van der Waals surface area contributed by atoms with E-state index in [9.17, 15) is 4.79 Å². The molecule has 0 aromatic carbocycles. The summed E-state index contributed by atoms with van der Waals surface area (Å²) in [5.74, 6) is 0.186. The highest BCUT2D eigenvalue weighted by Crippen LogP contribution is 2.22. The molecule has 23 heavy (non-hydrogen) atoms. The molecule has 122 valence electrons. The van der Waals surface area contributed by atoms with Crippen LogP contribution in [0.1, 0.15) is 6.92 Å². The minimum atomic E-state index is -0.179. The van der Waals surface area contributed by atoms with Crippen LogP contribution in [0.15, 0.2) is 35.1 Å². The molecule has 0 aliphatic heterocycles. The number of anilines is 1. The van der Waals surface area contributed by atoms with Gasteiger partial charge in [0, 0.05) is 19.1 Å². The van der Waals surface area contributed by atoms with Crippen molar-refractivity contribution in [1.29, 1.82) is 0 Å². The SMILES string of the molecule is CC(=O)NC1=CC(=[N+](C)C)C=C/C1=N/c1cnn(CCO)c1N. The van der Waals surface area contributed by atoms with E-state index in [0.717, 1.165) is 5.71 Å². The first-order valence-electron chi connectivity index (χ1n) is 7.15. The summed E-state index contributed by atoms with van der Waals surface area (Å²) in [7, 11) is 3.83. The Balaban J connectivity index is 2.40. The van der Waals surface area contributed by atoms with Gasteiger partial charge < -0.3 is 16.2 Å². The first kappa shape index (κ1) is 16.6. The minimum absolute atomic E-state index is 0.0556. The Bertz CT molecular complexity index is 735. The number of amides is 1. The van der Waals surface area contributed by atoms with E-state index in [4.69, 9.17) is 10.8 Å². The number of hydrogen-bond acceptors (Lipinski definition) is 5. The second-order valence-electron chi connectivity index (χ2n) is 5.25. The first-order chi connectivity index (χ1) is 10.9. The predicted octanol–water partition coefficient (Wildman–Crippen LogP) is -0.167. The smallest absolute Gasteiger partial charge is 0.221 e. The van der Waals surface area contributed by atoms with E-state index in [0.29, 0.717) is 29.5 Å². The summed E-state index contributed by atoms with van der Waals surface area (Å²) < 4.78 is 3.41. The van der Waals surface area contributed by atoms with Crippen molar-refractivity contribution in [3.8, 4) is 0 Å². The molecule has 0 saturated heterocycles. The molecule has 1 aliphatic carbocycles. The van der Waals surface area contributed by atoms with Crippen molar-refractivity contribution in [2.45, 2.75) is 13.5 Å². The van der Waals surface area contributed by atoms with Crippen LogP contribution >= 0.6 is 0 Å². The highest BCUT2D eigenvalue weighted by Gasteiger charge is 2.17. The van der Waals surface area contributed by atoms with Gasteiger partial charge in [-0.1, -0.05) is 0 Å². The third kappa shape index (κ3) is 3.92. The van der Waals surface area contributed by atoms with Crippen molar-refractivity contribution in [2.75, 3.05) is 26.4 Å². The van der Waals surface area contributed by atoms with Gasteiger partial charge in [0.1, 0.15) is 25.6 Å². The Labute approximate surface area is 134 Å². The molecule has 8 heteroatoms. The first-order valence-corrected chi connectivity index (χ1v) is 7.15. The van der Waals surface area contributed by atoms with E-state index >= 15 is 0 Å². The lowest BCUT2D eigenvalue weighted by molar-refractivity contribution is -0.462. The molecule has 8 nitrogen and oxygen atoms in total. The number of aromatic nitrogens is 2. The number of aliphatic hydroxyl groups excluding tert-OH is 1. The Hall–Kier alpha value is -2.74. The van der Waals surface area contributed by atoms with Crippen molar-refractivity contribution >= 4 is 28.8 Å². The molecule has 1 aromatic heterocycles. The topological polar surface area (TPSA) is 109 Å². The summed E-state index contributed by atoms with van der Waals surface area (Å²) in [5.41, 5.74) is 8.58. The van der Waals surface area contributed by atoms with Crippen LogP contribution in [0.3, 0.4) is 0 Å². The van der Waals surface area contributed by atoms with E-state index in [-0.39, 0.29) is 12.5 Å². The van der Waals surface area contributed by atoms with Crippen LogP contribution in [0, 0.1) is 0 Å². The molecular formula is C15H21N6O2+. The zero-order valence-corrected chi connectivity index (χ0v) is 13.4. The second-order valence-corrected chi connectivity index (χ2v) is 5.25. The lowest BCUT2D eigenvalue weighted by Crippen LogP contribution is -2.28. The summed E-state index contributed by atoms with van der Waals surface area (Å²) in [4.78, 5) is 15.9. The number of nitrogen functional groups attached to an aromatic ring is 1. The summed E-state index contributed by atoms with van der Waals surface area (Å²) in [6.45, 7) is 1.69. The van der Waals surface area contributed by atoms with Crippen LogP contribution in [0.4, 0.5) is 11.5 Å². The molecule has 1 amide bonds. The summed E-state index contributed by atoms with van der Waals surface area (Å²) in [6, 6.07) is 0. The number of nitrogens with two attached hydrogens (primary N) is 1. The molecule has 0 unspecified atom stereocenters. The molecular weight excluding hydrogens is 296 g/mol. The van der Waals surface area contributed by atoms with Gasteiger partial charge >= 0.3 is 0 Å². The van der Waals surface area contributed by atoms with Crippen molar-refractivity contribution < 1.29 is 14.5 Å². The Morgan fingerprint density at radius 3 is 2.83 bits per heavy atom. The maximum absolute atomic E-state index is 11.4. The fourth-order valence-corrected chi connectivity index (χ4v) is 2.06. The number of aliphatic hydroxyl groups is 1. The molecule has 0 bridgehead atoms. The number of rotatable bonds is 4. The zero-order valence-electron chi connectivity index (χ0n) is 13.4. The molecule has 0 radical (unpaired) electrons. The van der Waals surface area contributed by atoms with Crippen molar-refractivity contribution in [1.82, 2.24) is 15.1 Å². The minimum Gasteiger partial charge on any atom is -0.394 e. The monoisotopic (exact) mass is 317 g/mol. The highest BCUT2D eigenvalue weighted by molar-refractivity contribution is 6.21. The van der Waals surface area contributed by atoms with Crippen LogP contribution in [0.5, 0.6) is 0 Å². The number of hydrogen-bond donors (Lipinski definition) is 3. The summed E-state index contributed by atoms with van der Waals surface area (Å²) >= 11 is 0. The number of allylic oxidation sites excluding steroid dienone is 3. The molecule has 4 N–H and O–H groups in total. The van der Waals surface area contributed by atoms with Crippen molar-refractivity contribution in [2.24, 2.45) is 4.99 Å². The quantitative estimate of drug-likeness (QED) is 0.529. The van der Waals surface area contributed by atoms with Crippen LogP contribution in [0.25, 0.3) is 0 Å². The Kier molecular flexibility index (Phi) is 5.07. The average molecular weight is 317 g/mol. The lowest BCUT2D eigenvalue weighted by atomic mass is 10.1. The van der Waals surface area contributed by atoms with Gasteiger partial charge in [0.25, 0.3) is 0 Å². The second kappa shape index (κ2) is 7.01. The van der Waals surface area contributed by atoms with E-state index in [1.165, 1.54) is 17.8 Å². The van der Waals surface area contributed by atoms with Gasteiger partial charge in [0.2, 0.25) is 11.6 Å². The van der Waals surface area contributed by atoms with Gasteiger partial charge in [-0.25, -0.2) is 14.2 Å². The van der Waals surface area contributed by atoms with Crippen LogP contribution < -0.4 is 11.1 Å². The van der Waals surface area contributed by atoms with Gasteiger partial charge in [-0.15, -0.1) is 0 Å². The maximum atomic E-state index is 11.4. The fraction of sp³-hybridized carbons (Fsp3) is 0.333. The molecule has 1 heterocycles. The van der Waals surface area contributed by atoms with E-state index in [2.05, 4.69) is 15.4 Å². The fourth-order valence-electron chi connectivity index (χ4n) is 2.06. The largest absolute Gasteiger partial charge is 0.394 e. The van der Waals surface area contributed by atoms with Gasteiger partial charge in [-0.2, -0.15) is 5.10 Å². The van der Waals surface area contributed by atoms with E-state index < -0.39 is 0 Å².